The first-order chi connectivity index (χ1) is 5.90. The van der Waals surface area contributed by atoms with E-state index in [-0.39, 0.29) is 0 Å². The molecule has 0 unspecified atom stereocenters. The van der Waals surface area contributed by atoms with Crippen molar-refractivity contribution >= 4 is 17.7 Å². The normalized spacial score (nSPS) is 13.8. The third kappa shape index (κ3) is 1.18. The largest absolute Gasteiger partial charge is 0.377 e. The second-order valence-electron chi connectivity index (χ2n) is 2.72. The molecule has 2 heterocycles. The van der Waals surface area contributed by atoms with Crippen LogP contribution in [0.5, 0.6) is 0 Å². The zero-order valence-corrected chi connectivity index (χ0v) is 7.04. The number of hydrogen-bond acceptors (Lipinski definition) is 3. The van der Waals surface area contributed by atoms with E-state index in [1.807, 2.05) is 18.3 Å². The van der Waals surface area contributed by atoms with Crippen LogP contribution in [-0.4, -0.2) is 17.7 Å². The number of nitrogens with one attached hydrogen (secondary N) is 1. The summed E-state index contributed by atoms with van der Waals surface area (Å²) >= 11 is 0. The molecular weight excluding hydrogens is 150 g/mol. The zero-order valence-electron chi connectivity index (χ0n) is 7.04. The minimum Gasteiger partial charge on any atom is -0.377 e. The standard InChI is InChI=1S/C9H11N3/c1-2-7-3-4-8-9(12-7)11-6-5-10-8/h3-4,6,10H,2,5H2,1H3. The Balaban J connectivity index is 2.44. The predicted molar refractivity (Wildman–Crippen MR) is 50.3 cm³/mol. The average molecular weight is 161 g/mol. The number of pyridine rings is 1. The molecule has 1 aromatic heterocycles. The van der Waals surface area contributed by atoms with Crippen molar-refractivity contribution < 1.29 is 0 Å². The highest BCUT2D eigenvalue weighted by molar-refractivity contribution is 5.78. The molecule has 3 heteroatoms. The van der Waals surface area contributed by atoms with Crippen molar-refractivity contribution in [3.05, 3.63) is 17.8 Å². The first-order valence-corrected chi connectivity index (χ1v) is 4.16. The van der Waals surface area contributed by atoms with Gasteiger partial charge in [0.2, 0.25) is 0 Å². The van der Waals surface area contributed by atoms with E-state index >= 15 is 0 Å². The van der Waals surface area contributed by atoms with Crippen LogP contribution in [-0.2, 0) is 6.42 Å². The summed E-state index contributed by atoms with van der Waals surface area (Å²) in [6.45, 7) is 2.90. The zero-order chi connectivity index (χ0) is 8.39. The maximum atomic E-state index is 4.37. The van der Waals surface area contributed by atoms with Gasteiger partial charge in [-0.2, -0.15) is 0 Å². The lowest BCUT2D eigenvalue weighted by Crippen LogP contribution is -2.07. The van der Waals surface area contributed by atoms with E-state index in [9.17, 15) is 0 Å². The second-order valence-corrected chi connectivity index (χ2v) is 2.72. The van der Waals surface area contributed by atoms with Crippen LogP contribution < -0.4 is 5.32 Å². The number of aliphatic imine (C=N–C) groups is 1. The number of aromatic nitrogens is 1. The van der Waals surface area contributed by atoms with Gasteiger partial charge in [-0.3, -0.25) is 0 Å². The van der Waals surface area contributed by atoms with Gasteiger partial charge in [0, 0.05) is 11.9 Å². The molecule has 0 amide bonds. The van der Waals surface area contributed by atoms with Crippen molar-refractivity contribution in [2.24, 2.45) is 4.99 Å². The molecule has 0 saturated heterocycles. The van der Waals surface area contributed by atoms with E-state index in [4.69, 9.17) is 0 Å². The Morgan fingerprint density at radius 1 is 1.50 bits per heavy atom. The number of anilines is 1. The molecule has 1 aromatic rings. The van der Waals surface area contributed by atoms with Crippen LogP contribution in [0.15, 0.2) is 17.1 Å². The van der Waals surface area contributed by atoms with Gasteiger partial charge in [-0.15, -0.1) is 0 Å². The smallest absolute Gasteiger partial charge is 0.175 e. The summed E-state index contributed by atoms with van der Waals surface area (Å²) in [6, 6.07) is 4.07. The van der Waals surface area contributed by atoms with Gasteiger partial charge in [-0.1, -0.05) is 6.92 Å². The van der Waals surface area contributed by atoms with Crippen molar-refractivity contribution in [1.82, 2.24) is 4.98 Å². The van der Waals surface area contributed by atoms with Crippen LogP contribution in [0.1, 0.15) is 12.6 Å². The van der Waals surface area contributed by atoms with Gasteiger partial charge in [0.1, 0.15) is 0 Å². The van der Waals surface area contributed by atoms with E-state index in [2.05, 4.69) is 22.2 Å². The quantitative estimate of drug-likeness (QED) is 0.681. The van der Waals surface area contributed by atoms with E-state index in [1.54, 1.807) is 0 Å². The van der Waals surface area contributed by atoms with E-state index in [1.165, 1.54) is 0 Å². The van der Waals surface area contributed by atoms with Gasteiger partial charge in [0.15, 0.2) is 5.82 Å². The Labute approximate surface area is 71.6 Å². The topological polar surface area (TPSA) is 37.3 Å². The van der Waals surface area contributed by atoms with Crippen LogP contribution >= 0.6 is 0 Å². The number of rotatable bonds is 1. The van der Waals surface area contributed by atoms with Gasteiger partial charge in [0.25, 0.3) is 0 Å². The van der Waals surface area contributed by atoms with Crippen LogP contribution in [0.2, 0.25) is 0 Å². The Hall–Kier alpha value is -1.38. The average Bonchev–Trinajstić information content (AvgIpc) is 2.17. The van der Waals surface area contributed by atoms with Gasteiger partial charge < -0.3 is 5.32 Å². The molecule has 0 bridgehead atoms. The molecule has 1 N–H and O–H groups in total. The fourth-order valence-corrected chi connectivity index (χ4v) is 1.21. The molecule has 1 aliphatic heterocycles. The maximum absolute atomic E-state index is 4.37. The van der Waals surface area contributed by atoms with Crippen molar-refractivity contribution in [1.29, 1.82) is 0 Å². The van der Waals surface area contributed by atoms with Crippen molar-refractivity contribution in [2.75, 3.05) is 11.9 Å². The Kier molecular flexibility index (Phi) is 1.78. The molecule has 62 valence electrons. The molecule has 0 aromatic carbocycles. The fourth-order valence-electron chi connectivity index (χ4n) is 1.21. The first kappa shape index (κ1) is 7.28. The van der Waals surface area contributed by atoms with Crippen LogP contribution in [0.25, 0.3) is 0 Å². The molecular formula is C9H11N3. The monoisotopic (exact) mass is 161 g/mol. The SMILES string of the molecule is CCc1ccc2c(n1)N=CCN2. The Bertz CT molecular complexity index is 318. The molecule has 0 aliphatic carbocycles. The summed E-state index contributed by atoms with van der Waals surface area (Å²) in [6.07, 6.45) is 2.80. The van der Waals surface area contributed by atoms with Crippen molar-refractivity contribution in [3.63, 3.8) is 0 Å². The number of hydrogen-bond donors (Lipinski definition) is 1. The number of fused-ring (bicyclic) bond motifs is 1. The minimum absolute atomic E-state index is 0.806. The fraction of sp³-hybridized carbons (Fsp3) is 0.333. The van der Waals surface area contributed by atoms with Gasteiger partial charge in [-0.05, 0) is 18.6 Å². The van der Waals surface area contributed by atoms with Crippen LogP contribution in [0.4, 0.5) is 11.5 Å². The lowest BCUT2D eigenvalue weighted by molar-refractivity contribution is 1.03. The van der Waals surface area contributed by atoms with E-state index in [0.29, 0.717) is 0 Å². The molecule has 12 heavy (non-hydrogen) atoms. The lowest BCUT2D eigenvalue weighted by Gasteiger charge is -2.11. The number of aryl methyl sites for hydroxylation is 1. The highest BCUT2D eigenvalue weighted by Crippen LogP contribution is 2.24. The Morgan fingerprint density at radius 2 is 2.42 bits per heavy atom. The second kappa shape index (κ2) is 2.93. The summed E-state index contributed by atoms with van der Waals surface area (Å²) in [7, 11) is 0. The van der Waals surface area contributed by atoms with Crippen molar-refractivity contribution in [3.8, 4) is 0 Å². The molecule has 0 fully saturated rings. The summed E-state index contributed by atoms with van der Waals surface area (Å²) in [4.78, 5) is 8.57. The predicted octanol–water partition coefficient (Wildman–Crippen LogP) is 1.77. The van der Waals surface area contributed by atoms with Crippen LogP contribution in [0, 0.1) is 0 Å². The summed E-state index contributed by atoms with van der Waals surface area (Å²) in [5.74, 6) is 0.820. The molecule has 0 saturated carbocycles. The molecule has 2 rings (SSSR count). The van der Waals surface area contributed by atoms with E-state index < -0.39 is 0 Å². The van der Waals surface area contributed by atoms with Gasteiger partial charge in [-0.25, -0.2) is 9.98 Å². The van der Waals surface area contributed by atoms with Crippen LogP contribution in [0.3, 0.4) is 0 Å². The highest BCUT2D eigenvalue weighted by atomic mass is 15.0. The van der Waals surface area contributed by atoms with Gasteiger partial charge >= 0.3 is 0 Å². The first-order valence-electron chi connectivity index (χ1n) is 4.16. The maximum Gasteiger partial charge on any atom is 0.175 e. The third-order valence-corrected chi connectivity index (χ3v) is 1.89. The van der Waals surface area contributed by atoms with Gasteiger partial charge in [0.05, 0.1) is 12.2 Å². The molecule has 0 radical (unpaired) electrons. The van der Waals surface area contributed by atoms with E-state index in [0.717, 1.165) is 30.2 Å². The summed E-state index contributed by atoms with van der Waals surface area (Å²) < 4.78 is 0. The lowest BCUT2D eigenvalue weighted by atomic mass is 10.2. The number of nitrogens with zero attached hydrogens (tertiary/aromatic N) is 2. The summed E-state index contributed by atoms with van der Waals surface area (Å²) in [5, 5.41) is 3.20. The summed E-state index contributed by atoms with van der Waals surface area (Å²) in [5.41, 5.74) is 2.13. The Morgan fingerprint density at radius 3 is 3.25 bits per heavy atom. The molecule has 0 spiro atoms. The third-order valence-electron chi connectivity index (χ3n) is 1.89. The highest BCUT2D eigenvalue weighted by Gasteiger charge is 2.05. The molecule has 0 atom stereocenters. The molecule has 1 aliphatic rings. The minimum atomic E-state index is 0.806. The molecule has 3 nitrogen and oxygen atoms in total. The van der Waals surface area contributed by atoms with Crippen molar-refractivity contribution in [2.45, 2.75) is 13.3 Å².